The highest BCUT2D eigenvalue weighted by Gasteiger charge is 2.67. The number of hydrogen-bond acceptors (Lipinski definition) is 4. The molecular formula is C23H29ClO4. The minimum atomic E-state index is -1.03. The molecule has 2 fully saturated rings. The van der Waals surface area contributed by atoms with Gasteiger partial charge in [0.1, 0.15) is 0 Å². The van der Waals surface area contributed by atoms with Gasteiger partial charge in [0.25, 0.3) is 0 Å². The van der Waals surface area contributed by atoms with E-state index in [0.29, 0.717) is 23.8 Å². The third-order valence-electron chi connectivity index (χ3n) is 8.56. The summed E-state index contributed by atoms with van der Waals surface area (Å²) in [5.41, 5.74) is -0.532. The second-order valence-corrected chi connectivity index (χ2v) is 10.1. The zero-order valence-electron chi connectivity index (χ0n) is 17.1. The number of carbonyl (C=O) groups is 3. The molecule has 2 saturated carbocycles. The van der Waals surface area contributed by atoms with Crippen molar-refractivity contribution in [2.45, 2.75) is 71.8 Å². The Morgan fingerprint density at radius 1 is 1.11 bits per heavy atom. The zero-order chi connectivity index (χ0) is 20.5. The fourth-order valence-electron chi connectivity index (χ4n) is 7.13. The predicted octanol–water partition coefficient (Wildman–Crippen LogP) is 4.75. The first kappa shape index (κ1) is 19.9. The highest BCUT2D eigenvalue weighted by atomic mass is 35.5. The van der Waals surface area contributed by atoms with Crippen molar-refractivity contribution in [3.05, 3.63) is 22.8 Å². The summed E-state index contributed by atoms with van der Waals surface area (Å²) in [5.74, 6) is 0.584. The normalized spacial score (nSPS) is 44.6. The third kappa shape index (κ3) is 2.46. The maximum atomic E-state index is 12.7. The molecule has 4 rings (SSSR count). The van der Waals surface area contributed by atoms with Crippen LogP contribution in [-0.2, 0) is 19.1 Å². The molecular weight excluding hydrogens is 376 g/mol. The number of fused-ring (bicyclic) bond motifs is 5. The summed E-state index contributed by atoms with van der Waals surface area (Å²) < 4.78 is 5.79. The standard InChI is InChI=1S/C23H29ClO4/c1-13(25)23(28-14(2)26)10-7-18-16-12-20(24)19-11-15(27)5-8-21(19,3)17(16)6-9-22(18,23)4/h11-12,16-18H,5-10H2,1-4H3/t16-,17+,18+,21+,22-,23-/m0/s1. The van der Waals surface area contributed by atoms with Crippen LogP contribution in [0.15, 0.2) is 22.8 Å². The SMILES string of the molecule is CC(=O)O[C@]1(C(C)=O)CC[C@@H]2[C@H]3C=C(Cl)C4=CC(=O)CC[C@]4(C)[C@@H]3CC[C@@]21C. The Labute approximate surface area is 171 Å². The fourth-order valence-corrected chi connectivity index (χ4v) is 7.55. The van der Waals surface area contributed by atoms with Crippen LogP contribution in [0.4, 0.5) is 0 Å². The van der Waals surface area contributed by atoms with Crippen LogP contribution in [0.5, 0.6) is 0 Å². The van der Waals surface area contributed by atoms with E-state index in [1.54, 1.807) is 13.0 Å². The summed E-state index contributed by atoms with van der Waals surface area (Å²) in [6.45, 7) is 7.33. The summed E-state index contributed by atoms with van der Waals surface area (Å²) >= 11 is 6.71. The lowest BCUT2D eigenvalue weighted by molar-refractivity contribution is -0.185. The second kappa shape index (κ2) is 6.29. The lowest BCUT2D eigenvalue weighted by Crippen LogP contribution is -2.58. The summed E-state index contributed by atoms with van der Waals surface area (Å²) in [7, 11) is 0. The minimum Gasteiger partial charge on any atom is -0.451 e. The van der Waals surface area contributed by atoms with E-state index in [1.165, 1.54) is 6.92 Å². The molecule has 0 aromatic heterocycles. The van der Waals surface area contributed by atoms with Crippen molar-refractivity contribution in [3.8, 4) is 0 Å². The Bertz CT molecular complexity index is 826. The van der Waals surface area contributed by atoms with Gasteiger partial charge in [0.05, 0.1) is 0 Å². The van der Waals surface area contributed by atoms with Crippen LogP contribution in [0.1, 0.15) is 66.2 Å². The summed E-state index contributed by atoms with van der Waals surface area (Å²) in [5, 5.41) is 0.689. The van der Waals surface area contributed by atoms with Crippen molar-refractivity contribution in [1.29, 1.82) is 0 Å². The zero-order valence-corrected chi connectivity index (χ0v) is 17.9. The highest BCUT2D eigenvalue weighted by molar-refractivity contribution is 6.32. The van der Waals surface area contributed by atoms with Gasteiger partial charge in [0, 0.05) is 23.8 Å². The van der Waals surface area contributed by atoms with Gasteiger partial charge in [-0.3, -0.25) is 14.4 Å². The van der Waals surface area contributed by atoms with E-state index < -0.39 is 5.60 Å². The van der Waals surface area contributed by atoms with Crippen molar-refractivity contribution in [3.63, 3.8) is 0 Å². The Morgan fingerprint density at radius 2 is 1.79 bits per heavy atom. The van der Waals surface area contributed by atoms with Gasteiger partial charge in [0.2, 0.25) is 0 Å². The highest BCUT2D eigenvalue weighted by Crippen LogP contribution is 2.68. The number of rotatable bonds is 2. The van der Waals surface area contributed by atoms with Crippen LogP contribution in [-0.4, -0.2) is 23.1 Å². The van der Waals surface area contributed by atoms with E-state index in [0.717, 1.165) is 31.3 Å². The average molecular weight is 405 g/mol. The largest absolute Gasteiger partial charge is 0.451 e. The van der Waals surface area contributed by atoms with Gasteiger partial charge in [0.15, 0.2) is 17.2 Å². The number of ether oxygens (including phenoxy) is 1. The smallest absolute Gasteiger partial charge is 0.303 e. The quantitative estimate of drug-likeness (QED) is 0.623. The topological polar surface area (TPSA) is 60.4 Å². The number of halogens is 1. The monoisotopic (exact) mass is 404 g/mol. The lowest BCUT2D eigenvalue weighted by Gasteiger charge is -2.57. The van der Waals surface area contributed by atoms with E-state index >= 15 is 0 Å². The fraction of sp³-hybridized carbons (Fsp3) is 0.696. The number of hydrogen-bond donors (Lipinski definition) is 0. The number of allylic oxidation sites excluding steroid dienone is 4. The number of carbonyl (C=O) groups excluding carboxylic acids is 3. The van der Waals surface area contributed by atoms with Crippen molar-refractivity contribution in [2.75, 3.05) is 0 Å². The Balaban J connectivity index is 1.79. The van der Waals surface area contributed by atoms with E-state index in [-0.39, 0.29) is 40.2 Å². The number of esters is 1. The van der Waals surface area contributed by atoms with Gasteiger partial charge in [-0.25, -0.2) is 0 Å². The van der Waals surface area contributed by atoms with Crippen molar-refractivity contribution >= 4 is 29.1 Å². The van der Waals surface area contributed by atoms with Crippen LogP contribution in [0.3, 0.4) is 0 Å². The van der Waals surface area contributed by atoms with Crippen LogP contribution < -0.4 is 0 Å². The van der Waals surface area contributed by atoms with Gasteiger partial charge in [-0.15, -0.1) is 0 Å². The Hall–Kier alpha value is -1.42. The summed E-state index contributed by atoms with van der Waals surface area (Å²) in [4.78, 5) is 36.6. The summed E-state index contributed by atoms with van der Waals surface area (Å²) in [6.07, 6.45) is 8.48. The molecule has 6 atom stereocenters. The Morgan fingerprint density at radius 3 is 2.43 bits per heavy atom. The molecule has 152 valence electrons. The molecule has 0 unspecified atom stereocenters. The van der Waals surface area contributed by atoms with Crippen LogP contribution in [0, 0.1) is 28.6 Å². The molecule has 0 saturated heterocycles. The molecule has 0 amide bonds. The molecule has 4 aliphatic carbocycles. The first-order valence-corrected chi connectivity index (χ1v) is 10.8. The molecule has 5 heteroatoms. The van der Waals surface area contributed by atoms with Gasteiger partial charge >= 0.3 is 5.97 Å². The van der Waals surface area contributed by atoms with E-state index in [1.807, 2.05) is 0 Å². The molecule has 28 heavy (non-hydrogen) atoms. The molecule has 0 bridgehead atoms. The molecule has 0 heterocycles. The van der Waals surface area contributed by atoms with Crippen molar-refractivity contribution in [1.82, 2.24) is 0 Å². The van der Waals surface area contributed by atoms with Crippen LogP contribution in [0.25, 0.3) is 0 Å². The van der Waals surface area contributed by atoms with Gasteiger partial charge in [-0.05, 0) is 73.8 Å². The maximum Gasteiger partial charge on any atom is 0.303 e. The van der Waals surface area contributed by atoms with Gasteiger partial charge < -0.3 is 4.74 Å². The molecule has 0 aliphatic heterocycles. The second-order valence-electron chi connectivity index (χ2n) is 9.72. The number of Topliss-reactive ketones (excluding diaryl/α,β-unsaturated/α-hetero) is 1. The summed E-state index contributed by atoms with van der Waals surface area (Å²) in [6, 6.07) is 0. The molecule has 0 aromatic rings. The lowest BCUT2D eigenvalue weighted by atomic mass is 9.48. The molecule has 0 aromatic carbocycles. The van der Waals surface area contributed by atoms with E-state index in [2.05, 4.69) is 19.9 Å². The van der Waals surface area contributed by atoms with Crippen LogP contribution >= 0.6 is 11.6 Å². The first-order chi connectivity index (χ1) is 13.0. The average Bonchev–Trinajstić information content (AvgIpc) is 2.90. The van der Waals surface area contributed by atoms with Crippen LogP contribution in [0.2, 0.25) is 0 Å². The van der Waals surface area contributed by atoms with Crippen molar-refractivity contribution < 1.29 is 19.1 Å². The van der Waals surface area contributed by atoms with Crippen molar-refractivity contribution in [2.24, 2.45) is 28.6 Å². The molecule has 4 aliphatic rings. The third-order valence-corrected chi connectivity index (χ3v) is 8.89. The van der Waals surface area contributed by atoms with E-state index in [4.69, 9.17) is 16.3 Å². The van der Waals surface area contributed by atoms with Gasteiger partial charge in [-0.2, -0.15) is 0 Å². The molecule has 0 N–H and O–H groups in total. The maximum absolute atomic E-state index is 12.7. The minimum absolute atomic E-state index is 0.0490. The number of ketones is 2. The predicted molar refractivity (Wildman–Crippen MR) is 107 cm³/mol. The Kier molecular flexibility index (Phi) is 4.46. The molecule has 0 radical (unpaired) electrons. The first-order valence-electron chi connectivity index (χ1n) is 10.4. The van der Waals surface area contributed by atoms with Gasteiger partial charge in [-0.1, -0.05) is 31.5 Å². The molecule has 4 nitrogen and oxygen atoms in total. The molecule has 0 spiro atoms. The van der Waals surface area contributed by atoms with E-state index in [9.17, 15) is 14.4 Å².